The fourth-order valence-corrected chi connectivity index (χ4v) is 2.17. The Kier molecular flexibility index (Phi) is 2.49. The first-order chi connectivity index (χ1) is 3.93. The molecule has 0 heterocycles. The zero-order chi connectivity index (χ0) is 5.82. The average Bonchev–Trinajstić information content (AvgIpc) is 2.19. The van der Waals surface area contributed by atoms with Crippen molar-refractivity contribution in [3.63, 3.8) is 0 Å². The van der Waals surface area contributed by atoms with Crippen LogP contribution in [0.2, 0.25) is 5.02 Å². The van der Waals surface area contributed by atoms with Crippen LogP contribution in [-0.4, -0.2) is 0 Å². The van der Waals surface area contributed by atoms with Crippen molar-refractivity contribution >= 4 is 0 Å². The van der Waals surface area contributed by atoms with Gasteiger partial charge < -0.3 is 0 Å². The summed E-state index contributed by atoms with van der Waals surface area (Å²) >= 11 is 0.736. The molecule has 0 aromatic heterocycles. The van der Waals surface area contributed by atoms with E-state index in [4.69, 9.17) is 0 Å². The SMILES string of the molecule is C[CH2][Rh][C]1=CC=CC1. The molecule has 0 bridgehead atoms. The van der Waals surface area contributed by atoms with Crippen LogP contribution >= 0.6 is 0 Å². The van der Waals surface area contributed by atoms with E-state index in [0.29, 0.717) is 0 Å². The van der Waals surface area contributed by atoms with E-state index in [2.05, 4.69) is 25.2 Å². The second kappa shape index (κ2) is 3.19. The summed E-state index contributed by atoms with van der Waals surface area (Å²) in [5, 5.41) is 1.36. The second-order valence-electron chi connectivity index (χ2n) is 1.57. The van der Waals surface area contributed by atoms with E-state index in [1.807, 2.05) is 0 Å². The van der Waals surface area contributed by atoms with Crippen LogP contribution in [-0.2, 0) is 17.1 Å². The summed E-state index contributed by atoms with van der Waals surface area (Å²) in [6.45, 7) is 2.25. The molecule has 0 aliphatic heterocycles. The molecule has 0 aromatic rings. The van der Waals surface area contributed by atoms with E-state index in [1.54, 1.807) is 4.17 Å². The summed E-state index contributed by atoms with van der Waals surface area (Å²) in [7, 11) is 0. The Morgan fingerprint density at radius 3 is 3.12 bits per heavy atom. The molecule has 1 heteroatoms. The third kappa shape index (κ3) is 1.56. The van der Waals surface area contributed by atoms with Crippen molar-refractivity contribution in [2.75, 3.05) is 0 Å². The van der Waals surface area contributed by atoms with E-state index < -0.39 is 0 Å². The number of hydrogen-bond donors (Lipinski definition) is 0. The van der Waals surface area contributed by atoms with Gasteiger partial charge in [-0.05, 0) is 0 Å². The number of hydrogen-bond acceptors (Lipinski definition) is 0. The third-order valence-electron chi connectivity index (χ3n) is 0.979. The molecule has 47 valence electrons. The van der Waals surface area contributed by atoms with Gasteiger partial charge in [-0.3, -0.25) is 0 Å². The third-order valence-corrected chi connectivity index (χ3v) is 2.91. The van der Waals surface area contributed by atoms with Crippen LogP contribution in [0.5, 0.6) is 0 Å². The summed E-state index contributed by atoms with van der Waals surface area (Å²) in [5.74, 6) is 0. The Bertz CT molecular complexity index is 122. The van der Waals surface area contributed by atoms with E-state index in [9.17, 15) is 0 Å². The molecule has 8 heavy (non-hydrogen) atoms. The van der Waals surface area contributed by atoms with Gasteiger partial charge in [0.1, 0.15) is 0 Å². The molecule has 0 nitrogen and oxygen atoms in total. The maximum atomic E-state index is 2.26. The van der Waals surface area contributed by atoms with Gasteiger partial charge in [0.15, 0.2) is 0 Å². The molecule has 0 spiro atoms. The van der Waals surface area contributed by atoms with Gasteiger partial charge in [0.2, 0.25) is 0 Å². The van der Waals surface area contributed by atoms with Crippen molar-refractivity contribution in [2.45, 2.75) is 18.4 Å². The molecular weight excluding hydrogens is 187 g/mol. The topological polar surface area (TPSA) is 0 Å². The summed E-state index contributed by atoms with van der Waals surface area (Å²) in [6.07, 6.45) is 7.88. The van der Waals surface area contributed by atoms with E-state index in [-0.39, 0.29) is 0 Å². The second-order valence-corrected chi connectivity index (χ2v) is 4.36. The predicted octanol–water partition coefficient (Wildman–Crippen LogP) is 2.35. The first-order valence-electron chi connectivity index (χ1n) is 2.83. The standard InChI is InChI=1S/C5H5.C2H5.Rh/c1-2-4-5-3-1;1-2;/h1-3H,4H2;1H2,2H3;. The van der Waals surface area contributed by atoms with Crippen LogP contribution in [0.15, 0.2) is 22.4 Å². The Morgan fingerprint density at radius 1 is 1.75 bits per heavy atom. The molecule has 1 rings (SSSR count). The quantitative estimate of drug-likeness (QED) is 0.596. The van der Waals surface area contributed by atoms with Gasteiger partial charge in [-0.15, -0.1) is 0 Å². The molecule has 0 N–H and O–H groups in total. The van der Waals surface area contributed by atoms with Crippen LogP contribution < -0.4 is 0 Å². The minimum atomic E-state index is 0.736. The Hall–Kier alpha value is 0.103. The van der Waals surface area contributed by atoms with Crippen LogP contribution in [0.1, 0.15) is 13.3 Å². The Balaban J connectivity index is 2.28. The molecular formula is C7H10Rh. The van der Waals surface area contributed by atoms with Crippen molar-refractivity contribution in [3.05, 3.63) is 22.4 Å². The number of rotatable bonds is 2. The zero-order valence-corrected chi connectivity index (χ0v) is 6.62. The molecule has 1 aliphatic carbocycles. The fraction of sp³-hybridized carbons (Fsp3) is 0.429. The van der Waals surface area contributed by atoms with Gasteiger partial charge in [0.05, 0.1) is 0 Å². The summed E-state index contributed by atoms with van der Waals surface area (Å²) in [5.41, 5.74) is 0. The molecule has 0 unspecified atom stereocenters. The van der Waals surface area contributed by atoms with Gasteiger partial charge in [-0.2, -0.15) is 0 Å². The predicted molar refractivity (Wildman–Crippen MR) is 32.3 cm³/mol. The van der Waals surface area contributed by atoms with Crippen LogP contribution in [0.25, 0.3) is 0 Å². The Labute approximate surface area is 58.3 Å². The van der Waals surface area contributed by atoms with Crippen LogP contribution in [0, 0.1) is 0 Å². The first kappa shape index (κ1) is 6.23. The molecule has 0 atom stereocenters. The van der Waals surface area contributed by atoms with Crippen LogP contribution in [0.4, 0.5) is 0 Å². The summed E-state index contributed by atoms with van der Waals surface area (Å²) in [6, 6.07) is 0. The van der Waals surface area contributed by atoms with Crippen molar-refractivity contribution in [2.24, 2.45) is 0 Å². The van der Waals surface area contributed by atoms with Gasteiger partial charge in [0.25, 0.3) is 0 Å². The molecule has 0 amide bonds. The minimum absolute atomic E-state index is 0.736. The van der Waals surface area contributed by atoms with E-state index in [1.165, 1.54) is 11.4 Å². The molecule has 0 saturated heterocycles. The average molecular weight is 197 g/mol. The van der Waals surface area contributed by atoms with Gasteiger partial charge >= 0.3 is 57.9 Å². The summed E-state index contributed by atoms with van der Waals surface area (Å²) < 4.78 is 1.66. The first-order valence-corrected chi connectivity index (χ1v) is 4.80. The van der Waals surface area contributed by atoms with Gasteiger partial charge in [0, 0.05) is 0 Å². The van der Waals surface area contributed by atoms with Crippen molar-refractivity contribution < 1.29 is 17.1 Å². The van der Waals surface area contributed by atoms with Crippen molar-refractivity contribution in [1.29, 1.82) is 0 Å². The van der Waals surface area contributed by atoms with Gasteiger partial charge in [-0.1, -0.05) is 0 Å². The van der Waals surface area contributed by atoms with Gasteiger partial charge in [-0.25, -0.2) is 0 Å². The molecule has 0 fully saturated rings. The molecule has 0 saturated carbocycles. The van der Waals surface area contributed by atoms with Crippen LogP contribution in [0.3, 0.4) is 0 Å². The van der Waals surface area contributed by atoms with Crippen molar-refractivity contribution in [3.8, 4) is 0 Å². The number of allylic oxidation sites excluding steroid dienone is 4. The van der Waals surface area contributed by atoms with E-state index >= 15 is 0 Å². The molecule has 1 aliphatic rings. The normalized spacial score (nSPS) is 17.4. The monoisotopic (exact) mass is 197 g/mol. The fourth-order valence-electron chi connectivity index (χ4n) is 0.650. The summed E-state index contributed by atoms with van der Waals surface area (Å²) in [4.78, 5) is 0. The zero-order valence-electron chi connectivity index (χ0n) is 4.98. The Morgan fingerprint density at radius 2 is 2.62 bits per heavy atom. The molecule has 0 aromatic carbocycles. The maximum absolute atomic E-state index is 2.26. The van der Waals surface area contributed by atoms with Crippen molar-refractivity contribution in [1.82, 2.24) is 0 Å². The molecule has 0 radical (unpaired) electrons. The van der Waals surface area contributed by atoms with E-state index in [0.717, 1.165) is 17.1 Å².